The molecule has 18 heavy (non-hydrogen) atoms. The van der Waals surface area contributed by atoms with Crippen LogP contribution in [-0.4, -0.2) is 11.6 Å². The summed E-state index contributed by atoms with van der Waals surface area (Å²) in [6.45, 7) is 4.01. The summed E-state index contributed by atoms with van der Waals surface area (Å²) in [5.74, 6) is -0.0203. The molecule has 0 saturated heterocycles. The van der Waals surface area contributed by atoms with E-state index in [-0.39, 0.29) is 5.91 Å². The van der Waals surface area contributed by atoms with Gasteiger partial charge in [-0.05, 0) is 25.5 Å². The van der Waals surface area contributed by atoms with Crippen molar-refractivity contribution in [1.82, 2.24) is 5.43 Å². The number of rotatable bonds is 7. The lowest BCUT2D eigenvalue weighted by atomic mass is 10.1. The van der Waals surface area contributed by atoms with Crippen molar-refractivity contribution in [3.05, 3.63) is 21.3 Å². The summed E-state index contributed by atoms with van der Waals surface area (Å²) in [7, 11) is 0. The van der Waals surface area contributed by atoms with Crippen molar-refractivity contribution in [2.24, 2.45) is 5.10 Å². The van der Waals surface area contributed by atoms with Crippen molar-refractivity contribution in [3.8, 4) is 0 Å². The minimum Gasteiger partial charge on any atom is -0.273 e. The van der Waals surface area contributed by atoms with Crippen LogP contribution in [0.4, 0.5) is 0 Å². The Kier molecular flexibility index (Phi) is 6.98. The van der Waals surface area contributed by atoms with Crippen molar-refractivity contribution in [1.29, 1.82) is 0 Å². The van der Waals surface area contributed by atoms with Crippen molar-refractivity contribution < 1.29 is 4.79 Å². The van der Waals surface area contributed by atoms with Crippen LogP contribution in [0.2, 0.25) is 4.34 Å². The van der Waals surface area contributed by atoms with Gasteiger partial charge in [0.15, 0.2) is 0 Å². The first-order valence-corrected chi connectivity index (χ1v) is 7.41. The molecule has 1 heterocycles. The van der Waals surface area contributed by atoms with Crippen LogP contribution in [0.25, 0.3) is 0 Å². The molecule has 0 spiro atoms. The number of hydrogen-bond acceptors (Lipinski definition) is 3. The molecule has 1 aromatic heterocycles. The second-order valence-electron chi connectivity index (χ2n) is 4.15. The van der Waals surface area contributed by atoms with Gasteiger partial charge in [-0.25, -0.2) is 5.43 Å². The highest BCUT2D eigenvalue weighted by molar-refractivity contribution is 7.18. The van der Waals surface area contributed by atoms with Crippen molar-refractivity contribution >= 4 is 34.6 Å². The van der Waals surface area contributed by atoms with E-state index in [0.717, 1.165) is 27.8 Å². The number of thiophene rings is 1. The van der Waals surface area contributed by atoms with Crippen LogP contribution >= 0.6 is 22.9 Å². The molecule has 0 bridgehead atoms. The van der Waals surface area contributed by atoms with Gasteiger partial charge in [-0.1, -0.05) is 37.8 Å². The van der Waals surface area contributed by atoms with E-state index in [1.165, 1.54) is 24.2 Å². The molecule has 100 valence electrons. The van der Waals surface area contributed by atoms with Crippen LogP contribution < -0.4 is 5.43 Å². The third-order valence-electron chi connectivity index (χ3n) is 2.54. The van der Waals surface area contributed by atoms with E-state index in [4.69, 9.17) is 11.6 Å². The van der Waals surface area contributed by atoms with Gasteiger partial charge in [0, 0.05) is 6.42 Å². The third kappa shape index (κ3) is 5.65. The molecule has 0 saturated carbocycles. The Morgan fingerprint density at radius 1 is 1.39 bits per heavy atom. The van der Waals surface area contributed by atoms with E-state index in [9.17, 15) is 4.79 Å². The lowest BCUT2D eigenvalue weighted by Gasteiger charge is -2.01. The lowest BCUT2D eigenvalue weighted by molar-refractivity contribution is -0.121. The number of halogens is 1. The maximum Gasteiger partial charge on any atom is 0.240 e. The lowest BCUT2D eigenvalue weighted by Crippen LogP contribution is -2.18. The number of hydrazone groups is 1. The second kappa shape index (κ2) is 8.27. The first-order valence-electron chi connectivity index (χ1n) is 6.22. The van der Waals surface area contributed by atoms with Gasteiger partial charge >= 0.3 is 0 Å². The van der Waals surface area contributed by atoms with Gasteiger partial charge in [0.1, 0.15) is 0 Å². The molecule has 1 N–H and O–H groups in total. The van der Waals surface area contributed by atoms with Crippen molar-refractivity contribution in [2.45, 2.75) is 46.0 Å². The first-order chi connectivity index (χ1) is 8.63. The molecule has 3 nitrogen and oxygen atoms in total. The summed E-state index contributed by atoms with van der Waals surface area (Å²) in [5, 5.41) is 4.08. The quantitative estimate of drug-likeness (QED) is 0.455. The summed E-state index contributed by atoms with van der Waals surface area (Å²) in [5.41, 5.74) is 3.37. The zero-order valence-corrected chi connectivity index (χ0v) is 12.4. The smallest absolute Gasteiger partial charge is 0.240 e. The first kappa shape index (κ1) is 15.2. The van der Waals surface area contributed by atoms with Crippen LogP contribution in [0.3, 0.4) is 0 Å². The van der Waals surface area contributed by atoms with Crippen LogP contribution in [0.15, 0.2) is 17.2 Å². The summed E-state index contributed by atoms with van der Waals surface area (Å²) in [6.07, 6.45) is 4.94. The highest BCUT2D eigenvalue weighted by Crippen LogP contribution is 2.21. The Morgan fingerprint density at radius 2 is 2.17 bits per heavy atom. The standard InChI is InChI=1S/C13H19ClN2OS/c1-3-4-5-6-7-13(17)16-15-10(2)11-8-9-12(14)18-11/h8-9H,3-7H2,1-2H3,(H,16,17). The molecule has 0 fully saturated rings. The fourth-order valence-electron chi connectivity index (χ4n) is 1.48. The number of nitrogens with zero attached hydrogens (tertiary/aromatic N) is 1. The number of carbonyl (C=O) groups excluding carboxylic acids is 1. The van der Waals surface area contributed by atoms with E-state index in [1.54, 1.807) is 0 Å². The summed E-state index contributed by atoms with van der Waals surface area (Å²) in [4.78, 5) is 12.5. The highest BCUT2D eigenvalue weighted by Gasteiger charge is 2.03. The number of hydrogen-bond donors (Lipinski definition) is 1. The average molecular weight is 287 g/mol. The van der Waals surface area contributed by atoms with E-state index < -0.39 is 0 Å². The van der Waals surface area contributed by atoms with Gasteiger partial charge in [0.25, 0.3) is 0 Å². The van der Waals surface area contributed by atoms with Crippen molar-refractivity contribution in [2.75, 3.05) is 0 Å². The molecule has 0 aliphatic rings. The molecule has 0 atom stereocenters. The monoisotopic (exact) mass is 286 g/mol. The Bertz CT molecular complexity index is 415. The molecule has 0 aliphatic carbocycles. The number of amides is 1. The maximum absolute atomic E-state index is 11.5. The van der Waals surface area contributed by atoms with Gasteiger partial charge in [0.2, 0.25) is 5.91 Å². The van der Waals surface area contributed by atoms with E-state index in [0.29, 0.717) is 6.42 Å². The Balaban J connectivity index is 2.32. The fourth-order valence-corrected chi connectivity index (χ4v) is 2.47. The van der Waals surface area contributed by atoms with E-state index in [1.807, 2.05) is 19.1 Å². The molecular formula is C13H19ClN2OS. The van der Waals surface area contributed by atoms with Crippen LogP contribution in [0.5, 0.6) is 0 Å². The molecule has 1 amide bonds. The van der Waals surface area contributed by atoms with Crippen molar-refractivity contribution in [3.63, 3.8) is 0 Å². The topological polar surface area (TPSA) is 41.5 Å². The van der Waals surface area contributed by atoms with Crippen LogP contribution in [0, 0.1) is 0 Å². The maximum atomic E-state index is 11.5. The van der Waals surface area contributed by atoms with Crippen LogP contribution in [0.1, 0.15) is 50.8 Å². The normalized spacial score (nSPS) is 11.6. The predicted molar refractivity (Wildman–Crippen MR) is 78.4 cm³/mol. The average Bonchev–Trinajstić information content (AvgIpc) is 2.78. The molecule has 1 rings (SSSR count). The SMILES string of the molecule is CCCCCCC(=O)NN=C(C)c1ccc(Cl)s1. The Morgan fingerprint density at radius 3 is 2.78 bits per heavy atom. The highest BCUT2D eigenvalue weighted by atomic mass is 35.5. The Hall–Kier alpha value is -0.870. The third-order valence-corrected chi connectivity index (χ3v) is 3.88. The number of carbonyl (C=O) groups is 1. The molecule has 0 aliphatic heterocycles. The molecule has 1 aromatic rings. The van der Waals surface area contributed by atoms with Gasteiger partial charge in [-0.3, -0.25) is 4.79 Å². The van der Waals surface area contributed by atoms with Gasteiger partial charge in [0.05, 0.1) is 14.9 Å². The van der Waals surface area contributed by atoms with Gasteiger partial charge in [-0.2, -0.15) is 5.10 Å². The predicted octanol–water partition coefficient (Wildman–Crippen LogP) is 4.21. The van der Waals surface area contributed by atoms with Gasteiger partial charge in [-0.15, -0.1) is 11.3 Å². The fraction of sp³-hybridized carbons (Fsp3) is 0.538. The summed E-state index contributed by atoms with van der Waals surface area (Å²) < 4.78 is 0.727. The zero-order chi connectivity index (χ0) is 13.4. The molecule has 5 heteroatoms. The summed E-state index contributed by atoms with van der Waals surface area (Å²) >= 11 is 7.30. The molecular weight excluding hydrogens is 268 g/mol. The number of unbranched alkanes of at least 4 members (excludes halogenated alkanes) is 3. The van der Waals surface area contributed by atoms with Gasteiger partial charge < -0.3 is 0 Å². The van der Waals surface area contributed by atoms with E-state index in [2.05, 4.69) is 17.5 Å². The molecule has 0 aromatic carbocycles. The Labute approximate surface area is 117 Å². The van der Waals surface area contributed by atoms with Crippen LogP contribution in [-0.2, 0) is 4.79 Å². The summed E-state index contributed by atoms with van der Waals surface area (Å²) in [6, 6.07) is 3.73. The number of nitrogens with one attached hydrogen (secondary N) is 1. The second-order valence-corrected chi connectivity index (χ2v) is 5.86. The largest absolute Gasteiger partial charge is 0.273 e. The minimum atomic E-state index is -0.0203. The molecule has 0 unspecified atom stereocenters. The zero-order valence-electron chi connectivity index (χ0n) is 10.8. The minimum absolute atomic E-state index is 0.0203. The van der Waals surface area contributed by atoms with E-state index >= 15 is 0 Å². The molecule has 0 radical (unpaired) electrons.